The molecule has 0 spiro atoms. The van der Waals surface area contributed by atoms with Gasteiger partial charge in [0.25, 0.3) is 0 Å². The van der Waals surface area contributed by atoms with Crippen LogP contribution in [-0.2, 0) is 6.42 Å². The van der Waals surface area contributed by atoms with E-state index in [-0.39, 0.29) is 6.04 Å². The Bertz CT molecular complexity index is 524. The number of hydrogen-bond acceptors (Lipinski definition) is 5. The standard InChI is InChI=1S/C15H21N3OS/c1-3-5-13-15(20-18-17-13)14(16)11-6-8-12(9-7-11)19-10-4-2/h6-9,14H,3-5,10,16H2,1-2H3. The molecule has 0 saturated heterocycles. The molecular weight excluding hydrogens is 270 g/mol. The van der Waals surface area contributed by atoms with E-state index in [2.05, 4.69) is 23.4 Å². The third-order valence-corrected chi connectivity index (χ3v) is 3.92. The van der Waals surface area contributed by atoms with Crippen LogP contribution in [0, 0.1) is 0 Å². The van der Waals surface area contributed by atoms with Crippen LogP contribution < -0.4 is 10.5 Å². The average Bonchev–Trinajstić information content (AvgIpc) is 2.93. The highest BCUT2D eigenvalue weighted by Crippen LogP contribution is 2.27. The van der Waals surface area contributed by atoms with Gasteiger partial charge >= 0.3 is 0 Å². The molecule has 20 heavy (non-hydrogen) atoms. The Kier molecular flexibility index (Phi) is 5.49. The second-order valence-electron chi connectivity index (χ2n) is 4.73. The Morgan fingerprint density at radius 3 is 2.60 bits per heavy atom. The van der Waals surface area contributed by atoms with Gasteiger partial charge in [-0.15, -0.1) is 5.10 Å². The molecule has 0 aliphatic carbocycles. The van der Waals surface area contributed by atoms with Crippen molar-refractivity contribution in [3.05, 3.63) is 40.4 Å². The number of nitrogens with two attached hydrogens (primary N) is 1. The third kappa shape index (κ3) is 3.55. The molecular formula is C15H21N3OS. The maximum absolute atomic E-state index is 6.33. The predicted octanol–water partition coefficient (Wildman–Crippen LogP) is 3.33. The monoisotopic (exact) mass is 291 g/mol. The molecule has 0 aliphatic rings. The number of aromatic nitrogens is 2. The lowest BCUT2D eigenvalue weighted by Crippen LogP contribution is -2.12. The highest BCUT2D eigenvalue weighted by Gasteiger charge is 2.16. The van der Waals surface area contributed by atoms with E-state index in [4.69, 9.17) is 10.5 Å². The average molecular weight is 291 g/mol. The van der Waals surface area contributed by atoms with Crippen molar-refractivity contribution in [1.29, 1.82) is 0 Å². The second-order valence-corrected chi connectivity index (χ2v) is 5.51. The largest absolute Gasteiger partial charge is 0.494 e. The van der Waals surface area contributed by atoms with Crippen LogP contribution in [0.5, 0.6) is 5.75 Å². The van der Waals surface area contributed by atoms with Gasteiger partial charge in [0.15, 0.2) is 0 Å². The van der Waals surface area contributed by atoms with Crippen LogP contribution in [0.3, 0.4) is 0 Å². The fourth-order valence-corrected chi connectivity index (χ4v) is 2.73. The smallest absolute Gasteiger partial charge is 0.119 e. The molecule has 1 aromatic carbocycles. The van der Waals surface area contributed by atoms with Gasteiger partial charge in [-0.25, -0.2) is 0 Å². The van der Waals surface area contributed by atoms with Gasteiger partial charge in [-0.05, 0) is 42.1 Å². The molecule has 1 aromatic heterocycles. The van der Waals surface area contributed by atoms with Crippen molar-refractivity contribution in [2.45, 2.75) is 39.2 Å². The van der Waals surface area contributed by atoms with E-state index in [9.17, 15) is 0 Å². The Hall–Kier alpha value is -1.46. The SMILES string of the molecule is CCCOc1ccc(C(N)c2snnc2CCC)cc1. The fourth-order valence-electron chi connectivity index (χ4n) is 2.00. The van der Waals surface area contributed by atoms with Gasteiger partial charge in [0.05, 0.1) is 23.2 Å². The van der Waals surface area contributed by atoms with Crippen molar-refractivity contribution < 1.29 is 4.74 Å². The molecule has 1 heterocycles. The summed E-state index contributed by atoms with van der Waals surface area (Å²) in [7, 11) is 0. The molecule has 0 saturated carbocycles. The highest BCUT2D eigenvalue weighted by atomic mass is 32.1. The summed E-state index contributed by atoms with van der Waals surface area (Å²) in [5.74, 6) is 0.888. The quantitative estimate of drug-likeness (QED) is 0.850. The minimum Gasteiger partial charge on any atom is -0.494 e. The molecule has 0 fully saturated rings. The van der Waals surface area contributed by atoms with Crippen LogP contribution in [0.15, 0.2) is 24.3 Å². The Morgan fingerprint density at radius 2 is 1.95 bits per heavy atom. The van der Waals surface area contributed by atoms with Gasteiger partial charge in [-0.2, -0.15) is 0 Å². The number of nitrogens with zero attached hydrogens (tertiary/aromatic N) is 2. The molecule has 108 valence electrons. The molecule has 1 unspecified atom stereocenters. The van der Waals surface area contributed by atoms with Crippen molar-refractivity contribution in [2.75, 3.05) is 6.61 Å². The molecule has 0 bridgehead atoms. The third-order valence-electron chi connectivity index (χ3n) is 3.07. The van der Waals surface area contributed by atoms with Gasteiger partial charge in [0.1, 0.15) is 5.75 Å². The number of benzene rings is 1. The van der Waals surface area contributed by atoms with Crippen LogP contribution in [0.25, 0.3) is 0 Å². The topological polar surface area (TPSA) is 61.0 Å². The Balaban J connectivity index is 2.12. The molecule has 1 atom stereocenters. The van der Waals surface area contributed by atoms with E-state index in [0.717, 1.165) is 47.8 Å². The van der Waals surface area contributed by atoms with E-state index >= 15 is 0 Å². The van der Waals surface area contributed by atoms with Crippen LogP contribution in [-0.4, -0.2) is 16.2 Å². The molecule has 0 radical (unpaired) electrons. The van der Waals surface area contributed by atoms with E-state index < -0.39 is 0 Å². The molecule has 5 heteroatoms. The number of ether oxygens (including phenoxy) is 1. The molecule has 2 rings (SSSR count). The van der Waals surface area contributed by atoms with Crippen molar-refractivity contribution in [2.24, 2.45) is 5.73 Å². The highest BCUT2D eigenvalue weighted by molar-refractivity contribution is 7.05. The van der Waals surface area contributed by atoms with Crippen LogP contribution in [0.2, 0.25) is 0 Å². The van der Waals surface area contributed by atoms with Crippen molar-refractivity contribution >= 4 is 11.5 Å². The summed E-state index contributed by atoms with van der Waals surface area (Å²) in [4.78, 5) is 1.06. The van der Waals surface area contributed by atoms with Crippen molar-refractivity contribution in [1.82, 2.24) is 9.59 Å². The zero-order valence-corrected chi connectivity index (χ0v) is 12.8. The first-order valence-corrected chi connectivity index (χ1v) is 7.83. The van der Waals surface area contributed by atoms with E-state index in [1.54, 1.807) is 0 Å². The molecule has 4 nitrogen and oxygen atoms in total. The summed E-state index contributed by atoms with van der Waals surface area (Å²) < 4.78 is 9.61. The number of hydrogen-bond donors (Lipinski definition) is 1. The van der Waals surface area contributed by atoms with E-state index in [1.165, 1.54) is 11.5 Å². The normalized spacial score (nSPS) is 12.3. The first-order valence-electron chi connectivity index (χ1n) is 7.05. The predicted molar refractivity (Wildman–Crippen MR) is 82.2 cm³/mol. The summed E-state index contributed by atoms with van der Waals surface area (Å²) in [6.07, 6.45) is 2.99. The summed E-state index contributed by atoms with van der Waals surface area (Å²) in [6, 6.07) is 7.82. The van der Waals surface area contributed by atoms with Gasteiger partial charge < -0.3 is 10.5 Å². The fraction of sp³-hybridized carbons (Fsp3) is 0.467. The van der Waals surface area contributed by atoms with Crippen molar-refractivity contribution in [3.8, 4) is 5.75 Å². The number of aryl methyl sites for hydroxylation is 1. The lowest BCUT2D eigenvalue weighted by Gasteiger charge is -2.12. The van der Waals surface area contributed by atoms with E-state index in [1.807, 2.05) is 24.3 Å². The van der Waals surface area contributed by atoms with E-state index in [0.29, 0.717) is 0 Å². The zero-order valence-electron chi connectivity index (χ0n) is 12.0. The zero-order chi connectivity index (χ0) is 14.4. The van der Waals surface area contributed by atoms with Crippen LogP contribution in [0.1, 0.15) is 48.9 Å². The minimum absolute atomic E-state index is 0.156. The maximum Gasteiger partial charge on any atom is 0.119 e. The second kappa shape index (κ2) is 7.36. The molecule has 2 N–H and O–H groups in total. The summed E-state index contributed by atoms with van der Waals surface area (Å²) >= 11 is 1.39. The van der Waals surface area contributed by atoms with Gasteiger partial charge in [0, 0.05) is 0 Å². The maximum atomic E-state index is 6.33. The van der Waals surface area contributed by atoms with Gasteiger partial charge in [-0.1, -0.05) is 36.9 Å². The van der Waals surface area contributed by atoms with Gasteiger partial charge in [-0.3, -0.25) is 0 Å². The molecule has 0 aliphatic heterocycles. The van der Waals surface area contributed by atoms with Crippen molar-refractivity contribution in [3.63, 3.8) is 0 Å². The summed E-state index contributed by atoms with van der Waals surface area (Å²) in [6.45, 7) is 4.97. The first-order chi connectivity index (χ1) is 9.76. The molecule has 0 amide bonds. The lowest BCUT2D eigenvalue weighted by atomic mass is 10.0. The molecule has 2 aromatic rings. The lowest BCUT2D eigenvalue weighted by molar-refractivity contribution is 0.317. The summed E-state index contributed by atoms with van der Waals surface area (Å²) in [5.41, 5.74) is 8.42. The first kappa shape index (κ1) is 14.9. The van der Waals surface area contributed by atoms with Gasteiger partial charge in [0.2, 0.25) is 0 Å². The van der Waals surface area contributed by atoms with Crippen LogP contribution >= 0.6 is 11.5 Å². The number of rotatable bonds is 7. The Labute approximate surface area is 124 Å². The minimum atomic E-state index is -0.156. The van der Waals surface area contributed by atoms with Crippen LogP contribution in [0.4, 0.5) is 0 Å². The Morgan fingerprint density at radius 1 is 1.20 bits per heavy atom. The summed E-state index contributed by atoms with van der Waals surface area (Å²) in [5, 5.41) is 4.17.